The minimum Gasteiger partial charge on any atom is -0.444 e. The van der Waals surface area contributed by atoms with Gasteiger partial charge in [0.05, 0.1) is 12.6 Å². The van der Waals surface area contributed by atoms with Crippen molar-refractivity contribution in [2.75, 3.05) is 32.7 Å². The van der Waals surface area contributed by atoms with Crippen LogP contribution in [0.4, 0.5) is 4.79 Å². The second-order valence-corrected chi connectivity index (χ2v) is 8.87. The Morgan fingerprint density at radius 3 is 2.50 bits per heavy atom. The molecule has 2 aliphatic heterocycles. The van der Waals surface area contributed by atoms with E-state index in [1.54, 1.807) is 0 Å². The average Bonchev–Trinajstić information content (AvgIpc) is 3.13. The van der Waals surface area contributed by atoms with Crippen LogP contribution in [0.15, 0.2) is 4.99 Å². The molecule has 2 unspecified atom stereocenters. The molecule has 0 aromatic carbocycles. The van der Waals surface area contributed by atoms with Gasteiger partial charge < -0.3 is 25.2 Å². The molecule has 0 aliphatic carbocycles. The van der Waals surface area contributed by atoms with Gasteiger partial charge in [-0.15, -0.1) is 24.0 Å². The summed E-state index contributed by atoms with van der Waals surface area (Å²) in [5.74, 6) is 0.949. The van der Waals surface area contributed by atoms with E-state index in [1.165, 1.54) is 0 Å². The third kappa shape index (κ3) is 8.47. The van der Waals surface area contributed by atoms with Crippen molar-refractivity contribution in [3.05, 3.63) is 0 Å². The van der Waals surface area contributed by atoms with Crippen LogP contribution in [-0.4, -0.2) is 78.2 Å². The standard InChI is InChI=1S/C21H39N5O3.HI/c1-6-18(27)25-13-11-16(15-25)24-19(22-7-2)23-14-17-10-8-9-12-26(17)20(28)29-21(3,4)5;/h16-17H,6-15H2,1-5H3,(H2,22,23,24);1H. The molecule has 2 aliphatic rings. The SMILES string of the molecule is CCNC(=NCC1CCCCN1C(=O)OC(C)(C)C)NC1CCN(C(=O)CC)C1.I. The highest BCUT2D eigenvalue weighted by atomic mass is 127. The summed E-state index contributed by atoms with van der Waals surface area (Å²) in [6.45, 7) is 13.1. The highest BCUT2D eigenvalue weighted by molar-refractivity contribution is 14.0. The molecule has 8 nitrogen and oxygen atoms in total. The molecular formula is C21H40IN5O3. The average molecular weight is 537 g/mol. The Labute approximate surface area is 198 Å². The Morgan fingerprint density at radius 1 is 1.13 bits per heavy atom. The normalized spacial score (nSPS) is 22.4. The summed E-state index contributed by atoms with van der Waals surface area (Å²) >= 11 is 0. The number of hydrogen-bond donors (Lipinski definition) is 2. The molecule has 9 heteroatoms. The summed E-state index contributed by atoms with van der Waals surface area (Å²) in [6.07, 6.45) is 4.25. The summed E-state index contributed by atoms with van der Waals surface area (Å²) in [6, 6.07) is 0.257. The molecule has 0 spiro atoms. The number of guanidine groups is 1. The fourth-order valence-corrected chi connectivity index (χ4v) is 3.79. The molecule has 2 amide bonds. The molecule has 2 heterocycles. The van der Waals surface area contributed by atoms with E-state index in [1.807, 2.05) is 44.4 Å². The van der Waals surface area contributed by atoms with Crippen molar-refractivity contribution >= 4 is 41.9 Å². The number of carbonyl (C=O) groups is 2. The number of nitrogens with zero attached hydrogens (tertiary/aromatic N) is 3. The fourth-order valence-electron chi connectivity index (χ4n) is 3.79. The molecule has 0 aromatic rings. The Bertz CT molecular complexity index is 594. The second-order valence-electron chi connectivity index (χ2n) is 8.87. The van der Waals surface area contributed by atoms with E-state index in [0.717, 1.165) is 51.3 Å². The Kier molecular flexibility index (Phi) is 11.2. The Morgan fingerprint density at radius 2 is 1.87 bits per heavy atom. The monoisotopic (exact) mass is 537 g/mol. The molecule has 2 fully saturated rings. The van der Waals surface area contributed by atoms with E-state index in [4.69, 9.17) is 9.73 Å². The van der Waals surface area contributed by atoms with Crippen LogP contribution in [0.25, 0.3) is 0 Å². The topological polar surface area (TPSA) is 86.3 Å². The van der Waals surface area contributed by atoms with Gasteiger partial charge in [0.15, 0.2) is 5.96 Å². The van der Waals surface area contributed by atoms with Crippen molar-refractivity contribution < 1.29 is 14.3 Å². The van der Waals surface area contributed by atoms with Gasteiger partial charge >= 0.3 is 6.09 Å². The fraction of sp³-hybridized carbons (Fsp3) is 0.857. The number of likely N-dealkylation sites (tertiary alicyclic amines) is 2. The lowest BCUT2D eigenvalue weighted by Crippen LogP contribution is -2.49. The zero-order valence-corrected chi connectivity index (χ0v) is 21.5. The molecular weight excluding hydrogens is 497 g/mol. The van der Waals surface area contributed by atoms with Crippen LogP contribution in [-0.2, 0) is 9.53 Å². The maximum absolute atomic E-state index is 12.6. The summed E-state index contributed by atoms with van der Waals surface area (Å²) in [7, 11) is 0. The lowest BCUT2D eigenvalue weighted by atomic mass is 10.0. The van der Waals surface area contributed by atoms with Crippen LogP contribution < -0.4 is 10.6 Å². The predicted molar refractivity (Wildman–Crippen MR) is 130 cm³/mol. The molecule has 174 valence electrons. The summed E-state index contributed by atoms with van der Waals surface area (Å²) < 4.78 is 5.58. The minimum atomic E-state index is -0.497. The number of hydrogen-bond acceptors (Lipinski definition) is 4. The van der Waals surface area contributed by atoms with Gasteiger partial charge in [-0.3, -0.25) is 9.79 Å². The number of amides is 2. The molecule has 2 saturated heterocycles. The van der Waals surface area contributed by atoms with Crippen LogP contribution in [0.2, 0.25) is 0 Å². The Balaban J connectivity index is 0.00000450. The van der Waals surface area contributed by atoms with Crippen LogP contribution >= 0.6 is 24.0 Å². The molecule has 0 saturated carbocycles. The van der Waals surface area contributed by atoms with E-state index in [9.17, 15) is 9.59 Å². The van der Waals surface area contributed by atoms with Crippen molar-refractivity contribution in [2.24, 2.45) is 4.99 Å². The van der Waals surface area contributed by atoms with Crippen molar-refractivity contribution in [1.82, 2.24) is 20.4 Å². The largest absolute Gasteiger partial charge is 0.444 e. The van der Waals surface area contributed by atoms with Gasteiger partial charge in [-0.1, -0.05) is 6.92 Å². The number of nitrogens with one attached hydrogen (secondary N) is 2. The number of piperidine rings is 1. The number of rotatable bonds is 5. The van der Waals surface area contributed by atoms with Crippen LogP contribution in [0.5, 0.6) is 0 Å². The van der Waals surface area contributed by atoms with Gasteiger partial charge in [0, 0.05) is 38.6 Å². The summed E-state index contributed by atoms with van der Waals surface area (Å²) in [4.78, 5) is 33.0. The van der Waals surface area contributed by atoms with E-state index < -0.39 is 5.60 Å². The van der Waals surface area contributed by atoms with Crippen molar-refractivity contribution in [3.8, 4) is 0 Å². The lowest BCUT2D eigenvalue weighted by Gasteiger charge is -2.36. The van der Waals surface area contributed by atoms with E-state index in [-0.39, 0.29) is 48.1 Å². The molecule has 0 aromatic heterocycles. The summed E-state index contributed by atoms with van der Waals surface area (Å²) in [5, 5.41) is 6.75. The molecule has 0 bridgehead atoms. The third-order valence-corrected chi connectivity index (χ3v) is 5.24. The van der Waals surface area contributed by atoms with Gasteiger partial charge in [-0.2, -0.15) is 0 Å². The van der Waals surface area contributed by atoms with Crippen molar-refractivity contribution in [3.63, 3.8) is 0 Å². The molecule has 2 atom stereocenters. The Hall–Kier alpha value is -1.26. The number of ether oxygens (including phenoxy) is 1. The zero-order valence-electron chi connectivity index (χ0n) is 19.2. The van der Waals surface area contributed by atoms with Gasteiger partial charge in [-0.05, 0) is 53.4 Å². The van der Waals surface area contributed by atoms with Crippen LogP contribution in [0, 0.1) is 0 Å². The van der Waals surface area contributed by atoms with Crippen molar-refractivity contribution in [2.45, 2.75) is 84.4 Å². The smallest absolute Gasteiger partial charge is 0.410 e. The van der Waals surface area contributed by atoms with Gasteiger partial charge in [-0.25, -0.2) is 4.79 Å². The molecule has 30 heavy (non-hydrogen) atoms. The quantitative estimate of drug-likeness (QED) is 0.320. The number of aliphatic imine (C=N–C) groups is 1. The van der Waals surface area contributed by atoms with Gasteiger partial charge in [0.25, 0.3) is 0 Å². The highest BCUT2D eigenvalue weighted by Gasteiger charge is 2.31. The number of halogens is 1. The first-order valence-corrected chi connectivity index (χ1v) is 11.1. The second kappa shape index (κ2) is 12.6. The maximum atomic E-state index is 12.6. The number of carbonyl (C=O) groups excluding carboxylic acids is 2. The minimum absolute atomic E-state index is 0. The highest BCUT2D eigenvalue weighted by Crippen LogP contribution is 2.20. The van der Waals surface area contributed by atoms with Gasteiger partial charge in [0.2, 0.25) is 5.91 Å². The van der Waals surface area contributed by atoms with Crippen LogP contribution in [0.1, 0.15) is 66.7 Å². The van der Waals surface area contributed by atoms with Crippen molar-refractivity contribution in [1.29, 1.82) is 0 Å². The van der Waals surface area contributed by atoms with E-state index in [0.29, 0.717) is 19.5 Å². The predicted octanol–water partition coefficient (Wildman–Crippen LogP) is 2.96. The maximum Gasteiger partial charge on any atom is 0.410 e. The summed E-state index contributed by atoms with van der Waals surface area (Å²) in [5.41, 5.74) is -0.497. The molecule has 2 rings (SSSR count). The molecule has 0 radical (unpaired) electrons. The van der Waals surface area contributed by atoms with E-state index in [2.05, 4.69) is 10.6 Å². The third-order valence-electron chi connectivity index (χ3n) is 5.24. The van der Waals surface area contributed by atoms with E-state index >= 15 is 0 Å². The van der Waals surface area contributed by atoms with Gasteiger partial charge in [0.1, 0.15) is 5.60 Å². The first-order chi connectivity index (χ1) is 13.7. The first kappa shape index (κ1) is 26.8. The zero-order chi connectivity index (χ0) is 21.4. The molecule has 2 N–H and O–H groups in total. The van der Waals surface area contributed by atoms with Crippen LogP contribution in [0.3, 0.4) is 0 Å². The lowest BCUT2D eigenvalue weighted by molar-refractivity contribution is -0.129. The first-order valence-electron chi connectivity index (χ1n) is 11.1.